The van der Waals surface area contributed by atoms with E-state index in [2.05, 4.69) is 31.1 Å². The van der Waals surface area contributed by atoms with E-state index in [9.17, 15) is 14.0 Å². The molecule has 41 heavy (non-hydrogen) atoms. The lowest BCUT2D eigenvalue weighted by Crippen LogP contribution is -2.57. The van der Waals surface area contributed by atoms with Gasteiger partial charge in [0.1, 0.15) is 5.82 Å². The Balaban J connectivity index is 1.16. The van der Waals surface area contributed by atoms with Crippen molar-refractivity contribution in [1.29, 1.82) is 0 Å². The van der Waals surface area contributed by atoms with Gasteiger partial charge in [-0.3, -0.25) is 9.69 Å². The molecule has 2 aliphatic heterocycles. The third kappa shape index (κ3) is 6.32. The number of thiophene rings is 1. The maximum atomic E-state index is 13.6. The highest BCUT2D eigenvalue weighted by molar-refractivity contribution is 7.17. The van der Waals surface area contributed by atoms with Crippen molar-refractivity contribution in [2.45, 2.75) is 70.0 Å². The van der Waals surface area contributed by atoms with E-state index >= 15 is 0 Å². The van der Waals surface area contributed by atoms with Gasteiger partial charge >= 0.3 is 6.03 Å². The molecule has 1 saturated carbocycles. The summed E-state index contributed by atoms with van der Waals surface area (Å²) in [4.78, 5) is 36.8. The third-order valence-corrected chi connectivity index (χ3v) is 11.1. The van der Waals surface area contributed by atoms with Crippen molar-refractivity contribution in [3.05, 3.63) is 47.1 Å². The van der Waals surface area contributed by atoms with Crippen LogP contribution in [0.4, 0.5) is 9.18 Å². The zero-order chi connectivity index (χ0) is 29.4. The van der Waals surface area contributed by atoms with Gasteiger partial charge in [-0.2, -0.15) is 0 Å². The van der Waals surface area contributed by atoms with Crippen LogP contribution in [-0.2, 0) is 0 Å². The predicted octanol–water partition coefficient (Wildman–Crippen LogP) is 5.39. The summed E-state index contributed by atoms with van der Waals surface area (Å²) in [6.07, 6.45) is 6.66. The van der Waals surface area contributed by atoms with Crippen molar-refractivity contribution in [1.82, 2.24) is 24.9 Å². The van der Waals surface area contributed by atoms with Gasteiger partial charge in [-0.1, -0.05) is 26.0 Å². The largest absolute Gasteiger partial charge is 0.336 e. The van der Waals surface area contributed by atoms with Crippen LogP contribution < -0.4 is 5.32 Å². The lowest BCUT2D eigenvalue weighted by Gasteiger charge is -2.49. The number of nitrogens with one attached hydrogen (secondary N) is 1. The van der Waals surface area contributed by atoms with Gasteiger partial charge in [0.2, 0.25) is 0 Å². The van der Waals surface area contributed by atoms with Gasteiger partial charge in [-0.15, -0.1) is 11.3 Å². The van der Waals surface area contributed by atoms with E-state index in [0.29, 0.717) is 23.4 Å². The molecule has 2 aromatic rings. The van der Waals surface area contributed by atoms with E-state index in [0.717, 1.165) is 42.9 Å². The number of halogens is 1. The molecule has 3 fully saturated rings. The molecule has 1 aromatic heterocycles. The summed E-state index contributed by atoms with van der Waals surface area (Å²) < 4.78 is 13.3. The molecule has 3 aliphatic rings. The highest BCUT2D eigenvalue weighted by atomic mass is 32.1. The Labute approximate surface area is 248 Å². The number of likely N-dealkylation sites (N-methyl/N-ethyl adjacent to an activating group) is 3. The summed E-state index contributed by atoms with van der Waals surface area (Å²) in [6, 6.07) is 10.4. The van der Waals surface area contributed by atoms with E-state index in [-0.39, 0.29) is 35.4 Å². The zero-order valence-electron chi connectivity index (χ0n) is 25.3. The average molecular weight is 584 g/mol. The molecule has 0 bridgehead atoms. The first kappa shape index (κ1) is 30.0. The summed E-state index contributed by atoms with van der Waals surface area (Å²) >= 11 is 1.42. The van der Waals surface area contributed by atoms with Crippen LogP contribution in [0, 0.1) is 11.2 Å². The topological polar surface area (TPSA) is 59.1 Å². The molecule has 0 radical (unpaired) electrons. The Bertz CT molecular complexity index is 1220. The Morgan fingerprint density at radius 3 is 2.29 bits per heavy atom. The monoisotopic (exact) mass is 583 g/mol. The average Bonchev–Trinajstić information content (AvgIpc) is 3.75. The lowest BCUT2D eigenvalue weighted by atomic mass is 9.68. The number of nitrogens with zero attached hydrogens (tertiary/aromatic N) is 4. The zero-order valence-corrected chi connectivity index (χ0v) is 26.1. The summed E-state index contributed by atoms with van der Waals surface area (Å²) in [5.41, 5.74) is 1.50. The number of rotatable bonds is 7. The lowest BCUT2D eigenvalue weighted by molar-refractivity contribution is 0.0305. The van der Waals surface area contributed by atoms with Gasteiger partial charge in [0, 0.05) is 63.3 Å². The molecule has 0 unspecified atom stereocenters. The number of hydrogen-bond acceptors (Lipinski definition) is 5. The molecule has 7 nitrogen and oxygen atoms in total. The van der Waals surface area contributed by atoms with Gasteiger partial charge in [0.15, 0.2) is 0 Å². The molecule has 1 aromatic carbocycles. The van der Waals surface area contributed by atoms with Gasteiger partial charge in [0.05, 0.1) is 10.9 Å². The predicted molar refractivity (Wildman–Crippen MR) is 164 cm³/mol. The van der Waals surface area contributed by atoms with Crippen LogP contribution in [0.15, 0.2) is 36.4 Å². The van der Waals surface area contributed by atoms with Crippen LogP contribution in [0.3, 0.4) is 0 Å². The van der Waals surface area contributed by atoms with Crippen LogP contribution in [0.1, 0.15) is 62.0 Å². The fourth-order valence-corrected chi connectivity index (χ4v) is 7.98. The number of likely N-dealkylation sites (tertiary alicyclic amines) is 2. The van der Waals surface area contributed by atoms with Crippen molar-refractivity contribution in [2.75, 3.05) is 53.9 Å². The number of amides is 3. The number of hydrogen-bond donors (Lipinski definition) is 1. The molecule has 2 saturated heterocycles. The summed E-state index contributed by atoms with van der Waals surface area (Å²) in [5, 5.41) is 3.47. The van der Waals surface area contributed by atoms with E-state index in [1.165, 1.54) is 49.2 Å². The molecule has 3 amide bonds. The van der Waals surface area contributed by atoms with Crippen molar-refractivity contribution in [3.8, 4) is 10.4 Å². The normalized spacial score (nSPS) is 24.0. The Morgan fingerprint density at radius 2 is 1.61 bits per heavy atom. The quantitative estimate of drug-likeness (QED) is 0.475. The summed E-state index contributed by atoms with van der Waals surface area (Å²) in [6.45, 7) is 8.94. The SMILES string of the molecule is CNCC1(N2CC[C@@H](N(C)C(=O)N3CC[C@H](N(C)C(=O)c4ccc(-c5ccc(F)cc5)s4)C3)C2)CCC(C)(C)CC1. The van der Waals surface area contributed by atoms with E-state index < -0.39 is 0 Å². The second-order valence-electron chi connectivity index (χ2n) is 13.2. The first-order chi connectivity index (χ1) is 19.5. The summed E-state index contributed by atoms with van der Waals surface area (Å²) in [7, 11) is 5.85. The van der Waals surface area contributed by atoms with Crippen LogP contribution in [-0.4, -0.2) is 103 Å². The maximum Gasteiger partial charge on any atom is 0.320 e. The number of benzene rings is 1. The molecule has 5 rings (SSSR count). The fourth-order valence-electron chi connectivity index (χ4n) is 6.99. The first-order valence-electron chi connectivity index (χ1n) is 15.1. The first-order valence-corrected chi connectivity index (χ1v) is 15.9. The van der Waals surface area contributed by atoms with Crippen molar-refractivity contribution in [2.24, 2.45) is 5.41 Å². The molecule has 9 heteroatoms. The smallest absolute Gasteiger partial charge is 0.320 e. The van der Waals surface area contributed by atoms with Gasteiger partial charge in [-0.05, 0) is 80.8 Å². The number of carbonyl (C=O) groups is 2. The minimum Gasteiger partial charge on any atom is -0.336 e. The van der Waals surface area contributed by atoms with Crippen LogP contribution in [0.2, 0.25) is 0 Å². The standard InChI is InChI=1S/C32H46FN5O2S/c1-31(2)14-16-32(17-15-31,22-34-3)38-19-13-26(21-38)36(5)30(40)37-18-12-25(20-37)35(4)29(39)28-11-10-27(41-28)23-6-8-24(33)9-7-23/h6-11,25-26,34H,12-22H2,1-5H3/t25-,26+/m0/s1. The molecule has 224 valence electrons. The Hall–Kier alpha value is -2.49. The minimum absolute atomic E-state index is 0.0132. The van der Waals surface area contributed by atoms with Gasteiger partial charge in [-0.25, -0.2) is 9.18 Å². The third-order valence-electron chi connectivity index (χ3n) is 9.97. The van der Waals surface area contributed by atoms with E-state index in [1.54, 1.807) is 17.0 Å². The van der Waals surface area contributed by atoms with Crippen molar-refractivity contribution >= 4 is 23.3 Å². The fraction of sp³-hybridized carbons (Fsp3) is 0.625. The van der Waals surface area contributed by atoms with Crippen LogP contribution in [0.25, 0.3) is 10.4 Å². The molecule has 1 aliphatic carbocycles. The van der Waals surface area contributed by atoms with Crippen LogP contribution >= 0.6 is 11.3 Å². The van der Waals surface area contributed by atoms with Crippen molar-refractivity contribution in [3.63, 3.8) is 0 Å². The Morgan fingerprint density at radius 1 is 0.951 bits per heavy atom. The Kier molecular flexibility index (Phi) is 8.79. The molecular formula is C32H46FN5O2S. The molecule has 1 N–H and O–H groups in total. The van der Waals surface area contributed by atoms with E-state index in [4.69, 9.17) is 0 Å². The summed E-state index contributed by atoms with van der Waals surface area (Å²) in [5.74, 6) is -0.309. The van der Waals surface area contributed by atoms with E-state index in [1.807, 2.05) is 36.0 Å². The van der Waals surface area contributed by atoms with Gasteiger partial charge in [0.25, 0.3) is 5.91 Å². The number of carbonyl (C=O) groups excluding carboxylic acids is 2. The second-order valence-corrected chi connectivity index (χ2v) is 14.3. The van der Waals surface area contributed by atoms with Crippen molar-refractivity contribution < 1.29 is 14.0 Å². The highest BCUT2D eigenvalue weighted by Gasteiger charge is 2.46. The highest BCUT2D eigenvalue weighted by Crippen LogP contribution is 2.44. The number of urea groups is 1. The molecule has 3 heterocycles. The van der Waals surface area contributed by atoms with Gasteiger partial charge < -0.3 is 20.0 Å². The maximum absolute atomic E-state index is 13.6. The molecule has 0 spiro atoms. The second kappa shape index (κ2) is 12.0. The van der Waals surface area contributed by atoms with Crippen LogP contribution in [0.5, 0.6) is 0 Å². The minimum atomic E-state index is -0.274. The molecule has 2 atom stereocenters. The molecular weight excluding hydrogens is 537 g/mol.